The summed E-state index contributed by atoms with van der Waals surface area (Å²) in [5.41, 5.74) is 4.68. The molecule has 5 nitrogen and oxygen atoms in total. The van der Waals surface area contributed by atoms with E-state index in [0.29, 0.717) is 11.4 Å². The summed E-state index contributed by atoms with van der Waals surface area (Å²) in [6.45, 7) is 2.89. The van der Waals surface area contributed by atoms with Gasteiger partial charge in [-0.15, -0.1) is 0 Å². The average molecular weight is 296 g/mol. The van der Waals surface area contributed by atoms with Crippen LogP contribution in [0.3, 0.4) is 0 Å². The first kappa shape index (κ1) is 14.3. The Morgan fingerprint density at radius 2 is 1.27 bits per heavy atom. The lowest BCUT2D eigenvalue weighted by Crippen LogP contribution is -2.06. The fourth-order valence-corrected chi connectivity index (χ4v) is 2.80. The van der Waals surface area contributed by atoms with Crippen molar-refractivity contribution in [3.8, 4) is 11.1 Å². The summed E-state index contributed by atoms with van der Waals surface area (Å²) < 4.78 is 0. The summed E-state index contributed by atoms with van der Waals surface area (Å²) in [4.78, 5) is 22.3. The Morgan fingerprint density at radius 1 is 0.864 bits per heavy atom. The number of aliphatic hydroxyl groups excluding tert-OH is 1. The molecular weight excluding hydrogens is 280 g/mol. The number of nitrogens with one attached hydrogen (secondary N) is 2. The largest absolute Gasteiger partial charge is 0.384 e. The van der Waals surface area contributed by atoms with Gasteiger partial charge in [-0.3, -0.25) is 9.59 Å². The Balaban J connectivity index is 2.01. The van der Waals surface area contributed by atoms with E-state index >= 15 is 0 Å². The number of hydrogen-bond donors (Lipinski definition) is 3. The molecule has 3 N–H and O–H groups in total. The summed E-state index contributed by atoms with van der Waals surface area (Å²) in [6.07, 6.45) is -0.771. The van der Waals surface area contributed by atoms with Gasteiger partial charge in [0, 0.05) is 25.2 Å². The number of hydrogen-bond acceptors (Lipinski definition) is 3. The van der Waals surface area contributed by atoms with Crippen molar-refractivity contribution in [2.45, 2.75) is 20.0 Å². The van der Waals surface area contributed by atoms with Crippen molar-refractivity contribution in [2.24, 2.45) is 0 Å². The van der Waals surface area contributed by atoms with Crippen LogP contribution in [-0.4, -0.2) is 16.9 Å². The summed E-state index contributed by atoms with van der Waals surface area (Å²) in [5, 5.41) is 15.9. The topological polar surface area (TPSA) is 78.4 Å². The quantitative estimate of drug-likeness (QED) is 0.797. The highest BCUT2D eigenvalue weighted by atomic mass is 16.3. The standard InChI is InChI=1S/C17H16N2O3/c1-9(20)18-11-3-5-13-14-6-4-12(19-10(2)21)8-16(14)17(22)15(13)7-11/h3-8,17,22H,1-2H3,(H,18,20)(H,19,21). The van der Waals surface area contributed by atoms with Gasteiger partial charge in [0.2, 0.25) is 11.8 Å². The van der Waals surface area contributed by atoms with Crippen LogP contribution in [0.1, 0.15) is 31.1 Å². The van der Waals surface area contributed by atoms with E-state index < -0.39 is 6.10 Å². The molecule has 5 heteroatoms. The zero-order valence-electron chi connectivity index (χ0n) is 12.3. The van der Waals surface area contributed by atoms with Gasteiger partial charge in [-0.1, -0.05) is 12.1 Å². The first-order chi connectivity index (χ1) is 10.5. The molecule has 2 aromatic carbocycles. The lowest BCUT2D eigenvalue weighted by molar-refractivity contribution is -0.115. The van der Waals surface area contributed by atoms with E-state index in [4.69, 9.17) is 0 Å². The van der Waals surface area contributed by atoms with Crippen LogP contribution in [0.5, 0.6) is 0 Å². The summed E-state index contributed by atoms with van der Waals surface area (Å²) in [5.74, 6) is -0.309. The second-order valence-corrected chi connectivity index (χ2v) is 5.37. The van der Waals surface area contributed by atoms with Crippen LogP contribution in [0.4, 0.5) is 11.4 Å². The molecule has 0 heterocycles. The minimum atomic E-state index is -0.771. The maximum Gasteiger partial charge on any atom is 0.221 e. The zero-order chi connectivity index (χ0) is 15.9. The molecule has 0 spiro atoms. The van der Waals surface area contributed by atoms with Crippen molar-refractivity contribution < 1.29 is 14.7 Å². The molecule has 2 aromatic rings. The molecule has 0 saturated heterocycles. The summed E-state index contributed by atoms with van der Waals surface area (Å²) in [6, 6.07) is 10.9. The number of amides is 2. The average Bonchev–Trinajstić information content (AvgIpc) is 2.71. The number of rotatable bonds is 2. The Morgan fingerprint density at radius 3 is 1.64 bits per heavy atom. The molecule has 1 aliphatic rings. The van der Waals surface area contributed by atoms with Gasteiger partial charge >= 0.3 is 0 Å². The van der Waals surface area contributed by atoms with Crippen LogP contribution in [0.25, 0.3) is 11.1 Å². The first-order valence-corrected chi connectivity index (χ1v) is 6.97. The molecule has 0 unspecified atom stereocenters. The molecule has 2 amide bonds. The SMILES string of the molecule is CC(=O)Nc1ccc2c(c1)C(O)c1cc(NC(C)=O)ccc1-2. The van der Waals surface area contributed by atoms with Crippen molar-refractivity contribution >= 4 is 23.2 Å². The van der Waals surface area contributed by atoms with Gasteiger partial charge < -0.3 is 15.7 Å². The highest BCUT2D eigenvalue weighted by molar-refractivity contribution is 5.92. The molecule has 0 aromatic heterocycles. The lowest BCUT2D eigenvalue weighted by Gasteiger charge is -2.09. The number of carbonyl (C=O) groups is 2. The maximum atomic E-state index is 11.1. The van der Waals surface area contributed by atoms with Crippen molar-refractivity contribution in [1.82, 2.24) is 0 Å². The molecule has 0 fully saturated rings. The fraction of sp³-hybridized carbons (Fsp3) is 0.176. The minimum absolute atomic E-state index is 0.155. The second kappa shape index (κ2) is 5.27. The zero-order valence-corrected chi connectivity index (χ0v) is 12.3. The van der Waals surface area contributed by atoms with Gasteiger partial charge in [-0.25, -0.2) is 0 Å². The predicted molar refractivity (Wildman–Crippen MR) is 84.5 cm³/mol. The van der Waals surface area contributed by atoms with E-state index in [1.54, 1.807) is 12.1 Å². The van der Waals surface area contributed by atoms with Crippen molar-refractivity contribution in [1.29, 1.82) is 0 Å². The normalized spacial score (nSPS) is 12.5. The Bertz CT molecular complexity index is 718. The van der Waals surface area contributed by atoms with E-state index in [1.165, 1.54) is 13.8 Å². The molecule has 3 rings (SSSR count). The van der Waals surface area contributed by atoms with E-state index in [-0.39, 0.29) is 11.8 Å². The lowest BCUT2D eigenvalue weighted by atomic mass is 10.0. The molecule has 0 atom stereocenters. The minimum Gasteiger partial charge on any atom is -0.384 e. The van der Waals surface area contributed by atoms with Gasteiger partial charge in [0.25, 0.3) is 0 Å². The molecule has 0 aliphatic heterocycles. The van der Waals surface area contributed by atoms with Crippen LogP contribution in [0.2, 0.25) is 0 Å². The van der Waals surface area contributed by atoms with E-state index in [1.807, 2.05) is 24.3 Å². The molecule has 1 aliphatic carbocycles. The van der Waals surface area contributed by atoms with Crippen LogP contribution >= 0.6 is 0 Å². The van der Waals surface area contributed by atoms with Gasteiger partial charge in [0.15, 0.2) is 0 Å². The van der Waals surface area contributed by atoms with Gasteiger partial charge in [0.05, 0.1) is 0 Å². The van der Waals surface area contributed by atoms with Crippen LogP contribution in [0.15, 0.2) is 36.4 Å². The predicted octanol–water partition coefficient (Wildman–Crippen LogP) is 2.67. The third-order valence-corrected chi connectivity index (χ3v) is 3.62. The highest BCUT2D eigenvalue weighted by Gasteiger charge is 2.27. The van der Waals surface area contributed by atoms with E-state index in [2.05, 4.69) is 10.6 Å². The highest BCUT2D eigenvalue weighted by Crippen LogP contribution is 2.45. The third-order valence-electron chi connectivity index (χ3n) is 3.62. The number of fused-ring (bicyclic) bond motifs is 3. The fourth-order valence-electron chi connectivity index (χ4n) is 2.80. The second-order valence-electron chi connectivity index (χ2n) is 5.37. The van der Waals surface area contributed by atoms with Crippen LogP contribution in [0, 0.1) is 0 Å². The van der Waals surface area contributed by atoms with Crippen molar-refractivity contribution in [3.05, 3.63) is 47.5 Å². The smallest absolute Gasteiger partial charge is 0.221 e. The monoisotopic (exact) mass is 296 g/mol. The molecule has 0 radical (unpaired) electrons. The van der Waals surface area contributed by atoms with E-state index in [0.717, 1.165) is 22.3 Å². The molecule has 22 heavy (non-hydrogen) atoms. The number of benzene rings is 2. The van der Waals surface area contributed by atoms with Crippen LogP contribution < -0.4 is 10.6 Å². The third kappa shape index (κ3) is 2.46. The first-order valence-electron chi connectivity index (χ1n) is 6.97. The van der Waals surface area contributed by atoms with Gasteiger partial charge in [-0.2, -0.15) is 0 Å². The molecule has 0 saturated carbocycles. The van der Waals surface area contributed by atoms with Crippen molar-refractivity contribution in [3.63, 3.8) is 0 Å². The number of aliphatic hydroxyl groups is 1. The van der Waals surface area contributed by atoms with Crippen LogP contribution in [-0.2, 0) is 9.59 Å². The molecule has 112 valence electrons. The summed E-state index contributed by atoms with van der Waals surface area (Å²) >= 11 is 0. The number of anilines is 2. The Labute approximate surface area is 128 Å². The molecule has 0 bridgehead atoms. The van der Waals surface area contributed by atoms with Gasteiger partial charge in [-0.05, 0) is 46.5 Å². The Kier molecular flexibility index (Phi) is 3.42. The van der Waals surface area contributed by atoms with Crippen molar-refractivity contribution in [2.75, 3.05) is 10.6 Å². The maximum absolute atomic E-state index is 11.1. The van der Waals surface area contributed by atoms with E-state index in [9.17, 15) is 14.7 Å². The Hall–Kier alpha value is -2.66. The van der Waals surface area contributed by atoms with Gasteiger partial charge in [0.1, 0.15) is 6.10 Å². The molecular formula is C17H16N2O3. The number of carbonyl (C=O) groups excluding carboxylic acids is 2. The summed E-state index contributed by atoms with van der Waals surface area (Å²) in [7, 11) is 0.